The molecule has 0 aromatic heterocycles. The van der Waals surface area contributed by atoms with Crippen LogP contribution in [0.3, 0.4) is 0 Å². The molecule has 0 unspecified atom stereocenters. The minimum Gasteiger partial charge on any atom is -0.358 e. The highest BCUT2D eigenvalue weighted by Gasteiger charge is 2.44. The predicted molar refractivity (Wildman–Crippen MR) is 125 cm³/mol. The van der Waals surface area contributed by atoms with Crippen LogP contribution in [0.1, 0.15) is 43.2 Å². The van der Waals surface area contributed by atoms with Crippen molar-refractivity contribution >= 4 is 29.1 Å². The highest BCUT2D eigenvalue weighted by atomic mass is 35.5. The van der Waals surface area contributed by atoms with E-state index in [1.54, 1.807) is 0 Å². The van der Waals surface area contributed by atoms with Crippen LogP contribution >= 0.6 is 23.4 Å². The van der Waals surface area contributed by atoms with Crippen LogP contribution in [0.4, 0.5) is 5.69 Å². The fourth-order valence-corrected chi connectivity index (χ4v) is 6.04. The van der Waals surface area contributed by atoms with Gasteiger partial charge in [-0.2, -0.15) is 0 Å². The number of rotatable bonds is 6. The molecule has 2 fully saturated rings. The van der Waals surface area contributed by atoms with Crippen LogP contribution in [-0.4, -0.2) is 29.8 Å². The maximum atomic E-state index is 6.30. The Morgan fingerprint density at radius 3 is 2.59 bits per heavy atom. The molecule has 2 aromatic rings. The topological polar surface area (TPSA) is 15.3 Å². The van der Waals surface area contributed by atoms with Gasteiger partial charge >= 0.3 is 0 Å². The van der Waals surface area contributed by atoms with Gasteiger partial charge in [-0.05, 0) is 99.6 Å². The molecule has 1 saturated carbocycles. The molecule has 4 heteroatoms. The molecule has 2 aromatic carbocycles. The molecule has 1 aliphatic carbocycles. The third-order valence-corrected chi connectivity index (χ3v) is 8.34. The summed E-state index contributed by atoms with van der Waals surface area (Å²) in [6.45, 7) is 7.79. The lowest BCUT2D eigenvalue weighted by Crippen LogP contribution is -2.43. The number of hydrogen-bond donors (Lipinski definition) is 1. The number of hydrogen-bond acceptors (Lipinski definition) is 3. The largest absolute Gasteiger partial charge is 0.358 e. The molecule has 2 heterocycles. The van der Waals surface area contributed by atoms with E-state index in [-0.39, 0.29) is 5.41 Å². The molecule has 29 heavy (non-hydrogen) atoms. The predicted octanol–water partition coefficient (Wildman–Crippen LogP) is 6.50. The van der Waals surface area contributed by atoms with E-state index in [1.165, 1.54) is 53.9 Å². The number of allylic oxidation sites excluding steroid dienone is 1. The first-order valence-corrected chi connectivity index (χ1v) is 12.1. The first kappa shape index (κ1) is 19.5. The molecule has 2 aliphatic heterocycles. The zero-order valence-corrected chi connectivity index (χ0v) is 18.5. The summed E-state index contributed by atoms with van der Waals surface area (Å²) in [5, 5.41) is 5.22. The van der Waals surface area contributed by atoms with Gasteiger partial charge in [0.15, 0.2) is 0 Å². The average Bonchev–Trinajstić information content (AvgIpc) is 3.51. The van der Waals surface area contributed by atoms with Crippen molar-refractivity contribution in [3.05, 3.63) is 70.9 Å². The van der Waals surface area contributed by atoms with Crippen molar-refractivity contribution < 1.29 is 0 Å². The Morgan fingerprint density at radius 1 is 1.10 bits per heavy atom. The quantitative estimate of drug-likeness (QED) is 0.569. The van der Waals surface area contributed by atoms with E-state index in [4.69, 9.17) is 11.6 Å². The second-order valence-corrected chi connectivity index (χ2v) is 10.6. The second kappa shape index (κ2) is 8.02. The Morgan fingerprint density at radius 2 is 1.86 bits per heavy atom. The van der Waals surface area contributed by atoms with Crippen LogP contribution in [0.25, 0.3) is 0 Å². The number of benzene rings is 2. The monoisotopic (exact) mass is 424 g/mol. The number of likely N-dealkylation sites (tertiary alicyclic amines) is 1. The molecule has 0 radical (unpaired) electrons. The summed E-state index contributed by atoms with van der Waals surface area (Å²) in [4.78, 5) is 4.06. The molecule has 1 saturated heterocycles. The Balaban J connectivity index is 1.13. The smallest absolute Gasteiger partial charge is 0.0425 e. The first-order chi connectivity index (χ1) is 14.1. The molecule has 3 aliphatic rings. The van der Waals surface area contributed by atoms with E-state index in [9.17, 15) is 0 Å². The van der Waals surface area contributed by atoms with Crippen LogP contribution in [0.5, 0.6) is 0 Å². The van der Waals surface area contributed by atoms with Crippen LogP contribution in [-0.2, 0) is 11.8 Å². The minimum atomic E-state index is 0.0613. The number of thioether (sulfide) groups is 1. The number of nitrogens with zero attached hydrogens (tertiary/aromatic N) is 1. The highest BCUT2D eigenvalue weighted by molar-refractivity contribution is 8.00. The van der Waals surface area contributed by atoms with Crippen molar-refractivity contribution in [1.29, 1.82) is 0 Å². The Hall–Kier alpha value is -1.42. The number of halogens is 1. The summed E-state index contributed by atoms with van der Waals surface area (Å²) >= 11 is 8.34. The van der Waals surface area contributed by atoms with Gasteiger partial charge in [-0.3, -0.25) is 0 Å². The minimum absolute atomic E-state index is 0.0613. The second-order valence-electron chi connectivity index (χ2n) is 8.78. The fourth-order valence-electron chi connectivity index (χ4n) is 4.82. The summed E-state index contributed by atoms with van der Waals surface area (Å²) in [6.07, 6.45) is 7.43. The Labute approximate surface area is 183 Å². The third kappa shape index (κ3) is 4.10. The first-order valence-electron chi connectivity index (χ1n) is 10.9. The number of nitrogens with one attached hydrogen (secondary N) is 1. The van der Waals surface area contributed by atoms with Gasteiger partial charge in [0.05, 0.1) is 0 Å². The van der Waals surface area contributed by atoms with Crippen molar-refractivity contribution in [1.82, 2.24) is 4.90 Å². The molecule has 1 spiro atoms. The van der Waals surface area contributed by atoms with Gasteiger partial charge in [-0.15, -0.1) is 11.8 Å². The zero-order valence-electron chi connectivity index (χ0n) is 16.9. The van der Waals surface area contributed by atoms with E-state index < -0.39 is 0 Å². The van der Waals surface area contributed by atoms with E-state index in [1.807, 2.05) is 17.8 Å². The summed E-state index contributed by atoms with van der Waals surface area (Å²) in [5.41, 5.74) is 5.22. The lowest BCUT2D eigenvalue weighted by atomic mass is 9.72. The molecule has 1 N–H and O–H groups in total. The van der Waals surface area contributed by atoms with Gasteiger partial charge < -0.3 is 10.2 Å². The highest BCUT2D eigenvalue weighted by Crippen LogP contribution is 2.50. The Bertz CT molecular complexity index is 896. The maximum absolute atomic E-state index is 6.30. The van der Waals surface area contributed by atoms with E-state index >= 15 is 0 Å². The molecule has 5 rings (SSSR count). The number of anilines is 1. The van der Waals surface area contributed by atoms with E-state index in [0.717, 1.165) is 41.9 Å². The molecule has 0 atom stereocenters. The molecule has 152 valence electrons. The number of fused-ring (bicyclic) bond motifs is 2. The van der Waals surface area contributed by atoms with Gasteiger partial charge in [0.1, 0.15) is 0 Å². The van der Waals surface area contributed by atoms with Crippen molar-refractivity contribution in [2.75, 3.05) is 25.0 Å². The average molecular weight is 425 g/mol. The fraction of sp³-hybridized carbons (Fsp3) is 0.440. The van der Waals surface area contributed by atoms with Gasteiger partial charge in [-0.1, -0.05) is 30.3 Å². The van der Waals surface area contributed by atoms with Crippen LogP contribution in [0.15, 0.2) is 59.6 Å². The van der Waals surface area contributed by atoms with Crippen LogP contribution in [0.2, 0.25) is 5.02 Å². The number of piperidine rings is 1. The van der Waals surface area contributed by atoms with Crippen molar-refractivity contribution in [2.24, 2.45) is 0 Å². The molecule has 0 bridgehead atoms. The van der Waals surface area contributed by atoms with Crippen LogP contribution < -0.4 is 5.32 Å². The van der Waals surface area contributed by atoms with Gasteiger partial charge in [0.2, 0.25) is 0 Å². The van der Waals surface area contributed by atoms with Crippen molar-refractivity contribution in [3.63, 3.8) is 0 Å². The van der Waals surface area contributed by atoms with Crippen molar-refractivity contribution in [3.8, 4) is 0 Å². The zero-order chi connectivity index (χ0) is 19.8. The lowest BCUT2D eigenvalue weighted by molar-refractivity contribution is 0.179. The van der Waals surface area contributed by atoms with E-state index in [2.05, 4.69) is 53.2 Å². The summed E-state index contributed by atoms with van der Waals surface area (Å²) in [7, 11) is 0. The normalized spacial score (nSPS) is 20.7. The SMILES string of the molecule is C=C1Nc2ccc(Cl)cc2C12CCN(CCCc1ccc(SC3CC3)cc1)CC2. The third-order valence-electron chi connectivity index (χ3n) is 6.76. The standard InChI is InChI=1S/C25H29ClN2S/c1-18-25(23-17-20(26)6-11-24(23)27-18)12-15-28(16-13-25)14-2-3-19-4-7-21(8-5-19)29-22-9-10-22/h4-8,11,17,22,27H,1-3,9-10,12-16H2. The Kier molecular flexibility index (Phi) is 5.40. The van der Waals surface area contributed by atoms with Gasteiger partial charge in [0, 0.05) is 32.0 Å². The van der Waals surface area contributed by atoms with Crippen LogP contribution in [0, 0.1) is 0 Å². The number of aryl methyl sites for hydroxylation is 1. The van der Waals surface area contributed by atoms with Gasteiger partial charge in [0.25, 0.3) is 0 Å². The van der Waals surface area contributed by atoms with E-state index in [0.29, 0.717) is 0 Å². The van der Waals surface area contributed by atoms with Gasteiger partial charge in [-0.25, -0.2) is 0 Å². The van der Waals surface area contributed by atoms with Crippen molar-refractivity contribution in [2.45, 2.75) is 54.1 Å². The molecule has 2 nitrogen and oxygen atoms in total. The summed E-state index contributed by atoms with van der Waals surface area (Å²) in [5.74, 6) is 0. The molecular weight excluding hydrogens is 396 g/mol. The lowest BCUT2D eigenvalue weighted by Gasteiger charge is -2.40. The summed E-state index contributed by atoms with van der Waals surface area (Å²) in [6, 6.07) is 15.5. The molecular formula is C25H29ClN2S. The summed E-state index contributed by atoms with van der Waals surface area (Å²) < 4.78 is 0. The maximum Gasteiger partial charge on any atom is 0.0425 e. The molecule has 0 amide bonds.